The standard InChI is InChI=1S/C5H4N4S.C5H6N2O2S/c10-5-3-4(7-1-6-3)8-2-9-5;1-10-7-3-2-4(8)6-5(7)9/h1-2H,(H2,6,7,8,9,10);2-3H,1H3,(H,6,8,9). The average molecular weight is 310 g/mol. The van der Waals surface area contributed by atoms with Crippen molar-refractivity contribution in [2.24, 2.45) is 0 Å². The average Bonchev–Trinajstić information content (AvgIpc) is 2.89. The Balaban J connectivity index is 0.000000147. The summed E-state index contributed by atoms with van der Waals surface area (Å²) in [6.45, 7) is 0. The van der Waals surface area contributed by atoms with Gasteiger partial charge in [0.05, 0.1) is 12.7 Å². The summed E-state index contributed by atoms with van der Waals surface area (Å²) >= 11 is 6.14. The van der Waals surface area contributed by atoms with Crippen molar-refractivity contribution in [1.29, 1.82) is 0 Å². The molecule has 0 saturated heterocycles. The predicted octanol–water partition coefficient (Wildman–Crippen LogP) is 0.678. The van der Waals surface area contributed by atoms with Gasteiger partial charge in [-0.3, -0.25) is 9.78 Å². The highest BCUT2D eigenvalue weighted by Crippen LogP contribution is 2.02. The van der Waals surface area contributed by atoms with E-state index in [1.807, 2.05) is 0 Å². The quantitative estimate of drug-likeness (QED) is 0.570. The Hall–Kier alpha value is -2.20. The molecule has 3 heterocycles. The summed E-state index contributed by atoms with van der Waals surface area (Å²) in [6.07, 6.45) is 6.30. The van der Waals surface area contributed by atoms with Crippen molar-refractivity contribution in [2.75, 3.05) is 6.26 Å². The molecule has 3 aromatic heterocycles. The molecule has 0 aliphatic carbocycles. The van der Waals surface area contributed by atoms with Crippen molar-refractivity contribution in [1.82, 2.24) is 28.9 Å². The normalized spacial score (nSPS) is 10.1. The third kappa shape index (κ3) is 3.22. The van der Waals surface area contributed by atoms with Gasteiger partial charge in [-0.1, -0.05) is 12.2 Å². The van der Waals surface area contributed by atoms with E-state index in [2.05, 4.69) is 24.9 Å². The van der Waals surface area contributed by atoms with Gasteiger partial charge in [-0.25, -0.2) is 18.7 Å². The highest BCUT2D eigenvalue weighted by atomic mass is 32.2. The van der Waals surface area contributed by atoms with Crippen LogP contribution in [0.2, 0.25) is 0 Å². The molecular weight excluding hydrogens is 300 g/mol. The fourth-order valence-electron chi connectivity index (χ4n) is 1.33. The van der Waals surface area contributed by atoms with Crippen molar-refractivity contribution in [3.8, 4) is 0 Å². The van der Waals surface area contributed by atoms with Crippen LogP contribution in [-0.4, -0.2) is 35.1 Å². The van der Waals surface area contributed by atoms with Gasteiger partial charge < -0.3 is 9.97 Å². The maximum atomic E-state index is 10.8. The molecule has 20 heavy (non-hydrogen) atoms. The number of nitrogens with zero attached hydrogens (tertiary/aromatic N) is 3. The third-order valence-electron chi connectivity index (χ3n) is 2.22. The Kier molecular flexibility index (Phi) is 4.48. The van der Waals surface area contributed by atoms with Gasteiger partial charge in [0.2, 0.25) is 0 Å². The van der Waals surface area contributed by atoms with Crippen LogP contribution in [0, 0.1) is 4.64 Å². The topological polar surface area (TPSA) is 112 Å². The molecule has 0 atom stereocenters. The number of hydrogen-bond acceptors (Lipinski definition) is 6. The predicted molar refractivity (Wildman–Crippen MR) is 79.3 cm³/mol. The Labute approximate surface area is 121 Å². The van der Waals surface area contributed by atoms with Crippen molar-refractivity contribution in [3.05, 3.63) is 50.4 Å². The van der Waals surface area contributed by atoms with Gasteiger partial charge in [0, 0.05) is 18.5 Å². The van der Waals surface area contributed by atoms with Gasteiger partial charge in [0.25, 0.3) is 5.56 Å². The first kappa shape index (κ1) is 14.2. The van der Waals surface area contributed by atoms with Gasteiger partial charge in [-0.15, -0.1) is 0 Å². The minimum atomic E-state index is -0.389. The number of imidazole rings is 1. The number of nitrogens with one attached hydrogen (secondary N) is 3. The Morgan fingerprint density at radius 1 is 1.25 bits per heavy atom. The van der Waals surface area contributed by atoms with E-state index in [0.717, 1.165) is 11.2 Å². The molecule has 0 saturated carbocycles. The number of rotatable bonds is 1. The van der Waals surface area contributed by atoms with Crippen LogP contribution in [0.3, 0.4) is 0 Å². The van der Waals surface area contributed by atoms with E-state index in [-0.39, 0.29) is 11.2 Å². The fraction of sp³-hybridized carbons (Fsp3) is 0.100. The van der Waals surface area contributed by atoms with Gasteiger partial charge in [0.15, 0.2) is 10.3 Å². The molecule has 0 aliphatic heterocycles. The second-order valence-electron chi connectivity index (χ2n) is 3.45. The van der Waals surface area contributed by atoms with Gasteiger partial charge in [-0.2, -0.15) is 0 Å². The molecule has 0 aliphatic rings. The maximum absolute atomic E-state index is 10.8. The summed E-state index contributed by atoms with van der Waals surface area (Å²) in [7, 11) is 0. The molecule has 3 aromatic rings. The fourth-order valence-corrected chi connectivity index (χ4v) is 1.93. The first-order chi connectivity index (χ1) is 9.61. The van der Waals surface area contributed by atoms with E-state index in [1.165, 1.54) is 34.5 Å². The lowest BCUT2D eigenvalue weighted by atomic mass is 10.6. The highest BCUT2D eigenvalue weighted by molar-refractivity contribution is 7.97. The lowest BCUT2D eigenvalue weighted by Gasteiger charge is -1.94. The summed E-state index contributed by atoms with van der Waals surface area (Å²) in [5.41, 5.74) is 0.785. The summed E-state index contributed by atoms with van der Waals surface area (Å²) in [4.78, 5) is 36.9. The highest BCUT2D eigenvalue weighted by Gasteiger charge is 1.94. The molecule has 10 heteroatoms. The Morgan fingerprint density at radius 2 is 2.00 bits per heavy atom. The summed E-state index contributed by atoms with van der Waals surface area (Å²) in [6, 6.07) is 1.30. The zero-order chi connectivity index (χ0) is 14.5. The van der Waals surface area contributed by atoms with Crippen molar-refractivity contribution < 1.29 is 0 Å². The second kappa shape index (κ2) is 6.30. The van der Waals surface area contributed by atoms with Gasteiger partial charge >= 0.3 is 5.69 Å². The van der Waals surface area contributed by atoms with Crippen LogP contribution in [0.4, 0.5) is 0 Å². The summed E-state index contributed by atoms with van der Waals surface area (Å²) in [5, 5.41) is 0. The zero-order valence-electron chi connectivity index (χ0n) is 10.3. The smallest absolute Gasteiger partial charge is 0.338 e. The van der Waals surface area contributed by atoms with E-state index in [1.54, 1.807) is 12.6 Å². The molecule has 0 aromatic carbocycles. The number of aromatic nitrogens is 6. The van der Waals surface area contributed by atoms with Gasteiger partial charge in [-0.05, 0) is 11.9 Å². The lowest BCUT2D eigenvalue weighted by molar-refractivity contribution is 0.991. The van der Waals surface area contributed by atoms with Crippen LogP contribution in [0.25, 0.3) is 11.2 Å². The molecule has 3 rings (SSSR count). The van der Waals surface area contributed by atoms with Crippen LogP contribution >= 0.6 is 24.2 Å². The molecule has 0 spiro atoms. The van der Waals surface area contributed by atoms with Gasteiger partial charge in [0.1, 0.15) is 5.52 Å². The van der Waals surface area contributed by atoms with Crippen LogP contribution in [0.5, 0.6) is 0 Å². The molecule has 104 valence electrons. The van der Waals surface area contributed by atoms with E-state index in [0.29, 0.717) is 4.64 Å². The molecule has 8 nitrogen and oxygen atoms in total. The van der Waals surface area contributed by atoms with E-state index >= 15 is 0 Å². The third-order valence-corrected chi connectivity index (χ3v) is 3.22. The second-order valence-corrected chi connectivity index (χ2v) is 4.60. The van der Waals surface area contributed by atoms with E-state index in [9.17, 15) is 9.59 Å². The molecule has 0 unspecified atom stereocenters. The Bertz CT molecular complexity index is 877. The summed E-state index contributed by atoms with van der Waals surface area (Å²) in [5.74, 6) is 0. The minimum absolute atomic E-state index is 0.365. The summed E-state index contributed by atoms with van der Waals surface area (Å²) < 4.78 is 1.88. The monoisotopic (exact) mass is 310 g/mol. The van der Waals surface area contributed by atoms with Crippen LogP contribution in [0.1, 0.15) is 0 Å². The van der Waals surface area contributed by atoms with Crippen LogP contribution in [-0.2, 0) is 0 Å². The number of aromatic amines is 3. The zero-order valence-corrected chi connectivity index (χ0v) is 11.9. The van der Waals surface area contributed by atoms with E-state index < -0.39 is 0 Å². The lowest BCUT2D eigenvalue weighted by Crippen LogP contribution is -2.25. The Morgan fingerprint density at radius 3 is 2.65 bits per heavy atom. The van der Waals surface area contributed by atoms with E-state index in [4.69, 9.17) is 12.2 Å². The minimum Gasteiger partial charge on any atom is -0.341 e. The first-order valence-electron chi connectivity index (χ1n) is 5.35. The van der Waals surface area contributed by atoms with Crippen molar-refractivity contribution in [2.45, 2.75) is 0 Å². The van der Waals surface area contributed by atoms with Crippen LogP contribution in [0.15, 0.2) is 34.5 Å². The van der Waals surface area contributed by atoms with Crippen molar-refractivity contribution >= 4 is 35.3 Å². The molecular formula is C10H10N6O2S2. The number of hydrogen-bond donors (Lipinski definition) is 3. The number of H-pyrrole nitrogens is 3. The molecule has 0 radical (unpaired) electrons. The van der Waals surface area contributed by atoms with Crippen molar-refractivity contribution in [3.63, 3.8) is 0 Å². The molecule has 0 bridgehead atoms. The van der Waals surface area contributed by atoms with Crippen LogP contribution < -0.4 is 11.2 Å². The molecule has 0 fully saturated rings. The largest absolute Gasteiger partial charge is 0.341 e. The molecule has 3 N–H and O–H groups in total. The first-order valence-corrected chi connectivity index (χ1v) is 6.94. The SMILES string of the molecule is CSn1ccc(=O)[nH]c1=O.S=c1nc[nH]c2nc[nH]c12. The maximum Gasteiger partial charge on any atom is 0.338 e. The number of fused-ring (bicyclic) bond motifs is 1. The molecule has 0 amide bonds.